The van der Waals surface area contributed by atoms with Crippen LogP contribution in [0.2, 0.25) is 0 Å². The van der Waals surface area contributed by atoms with Gasteiger partial charge in [0.1, 0.15) is 5.82 Å². The topological polar surface area (TPSA) is 33.7 Å². The zero-order valence-electron chi connectivity index (χ0n) is 13.5. The molecule has 0 aromatic heterocycles. The van der Waals surface area contributed by atoms with Gasteiger partial charge in [-0.2, -0.15) is 13.2 Å². The molecule has 24 heavy (non-hydrogen) atoms. The van der Waals surface area contributed by atoms with Gasteiger partial charge in [-0.3, -0.25) is 4.90 Å². The van der Waals surface area contributed by atoms with Crippen molar-refractivity contribution in [3.63, 3.8) is 0 Å². The van der Waals surface area contributed by atoms with Gasteiger partial charge in [0.2, 0.25) is 0 Å². The lowest BCUT2D eigenvalue weighted by Crippen LogP contribution is -2.46. The Morgan fingerprint density at radius 1 is 1.12 bits per heavy atom. The van der Waals surface area contributed by atoms with E-state index in [1.165, 1.54) is 20.3 Å². The number of benzene rings is 1. The maximum Gasteiger partial charge on any atom is 0.390 e. The highest BCUT2D eigenvalue weighted by atomic mass is 35.5. The van der Waals surface area contributed by atoms with Crippen molar-refractivity contribution >= 4 is 12.4 Å². The Morgan fingerprint density at radius 3 is 2.17 bits per heavy atom. The molecular formula is C15H21ClF4N2O2. The largest absolute Gasteiger partial charge is 0.493 e. The molecule has 0 radical (unpaired) electrons. The zero-order valence-corrected chi connectivity index (χ0v) is 14.3. The Balaban J connectivity index is 0.00000288. The number of hydrogen-bond donors (Lipinski definition) is 1. The van der Waals surface area contributed by atoms with Gasteiger partial charge < -0.3 is 14.8 Å². The van der Waals surface area contributed by atoms with Gasteiger partial charge in [0, 0.05) is 43.9 Å². The summed E-state index contributed by atoms with van der Waals surface area (Å²) in [7, 11) is 2.71. The second-order valence-electron chi connectivity index (χ2n) is 5.35. The lowest BCUT2D eigenvalue weighted by molar-refractivity contribution is -0.149. The van der Waals surface area contributed by atoms with Crippen molar-refractivity contribution in [2.24, 2.45) is 0 Å². The standard InChI is InChI=1S/C15H20F4N2O2.ClH/c1-22-13-7-10(11(16)8-14(13)23-2)12(9-15(17,18)19)21-5-3-20-4-6-21;/h7-8,12,20H,3-6,9H2,1-2H3;1H/t12-;/m1./s1. The fourth-order valence-electron chi connectivity index (χ4n) is 2.77. The van der Waals surface area contributed by atoms with Crippen LogP contribution >= 0.6 is 12.4 Å². The first-order chi connectivity index (χ1) is 10.9. The quantitative estimate of drug-likeness (QED) is 0.805. The molecule has 138 valence electrons. The van der Waals surface area contributed by atoms with E-state index in [4.69, 9.17) is 9.47 Å². The number of ether oxygens (including phenoxy) is 2. The van der Waals surface area contributed by atoms with Crippen molar-refractivity contribution in [3.8, 4) is 11.5 Å². The predicted molar refractivity (Wildman–Crippen MR) is 84.6 cm³/mol. The number of nitrogens with one attached hydrogen (secondary N) is 1. The zero-order chi connectivity index (χ0) is 17.0. The van der Waals surface area contributed by atoms with Crippen molar-refractivity contribution in [1.82, 2.24) is 10.2 Å². The smallest absolute Gasteiger partial charge is 0.390 e. The Morgan fingerprint density at radius 2 is 1.67 bits per heavy atom. The van der Waals surface area contributed by atoms with Gasteiger partial charge in [0.05, 0.1) is 20.6 Å². The molecule has 0 bridgehead atoms. The van der Waals surface area contributed by atoms with Gasteiger partial charge in [0.15, 0.2) is 11.5 Å². The van der Waals surface area contributed by atoms with Crippen molar-refractivity contribution < 1.29 is 27.0 Å². The Bertz CT molecular complexity index is 537. The van der Waals surface area contributed by atoms with Gasteiger partial charge in [-0.1, -0.05) is 0 Å². The summed E-state index contributed by atoms with van der Waals surface area (Å²) in [6.07, 6.45) is -5.51. The van der Waals surface area contributed by atoms with E-state index >= 15 is 0 Å². The maximum absolute atomic E-state index is 14.4. The molecule has 0 aliphatic carbocycles. The molecule has 2 rings (SSSR count). The van der Waals surface area contributed by atoms with Crippen molar-refractivity contribution in [2.75, 3.05) is 40.4 Å². The third kappa shape index (κ3) is 5.12. The third-order valence-corrected chi connectivity index (χ3v) is 3.88. The van der Waals surface area contributed by atoms with Crippen molar-refractivity contribution in [3.05, 3.63) is 23.5 Å². The average molecular weight is 373 g/mol. The second kappa shape index (κ2) is 8.73. The molecule has 1 N–H and O–H groups in total. The van der Waals surface area contributed by atoms with Gasteiger partial charge in [-0.05, 0) is 6.07 Å². The Kier molecular flexibility index (Phi) is 7.56. The van der Waals surface area contributed by atoms with E-state index in [0.717, 1.165) is 6.07 Å². The van der Waals surface area contributed by atoms with E-state index in [0.29, 0.717) is 26.2 Å². The molecule has 4 nitrogen and oxygen atoms in total. The lowest BCUT2D eigenvalue weighted by atomic mass is 9.99. The fourth-order valence-corrected chi connectivity index (χ4v) is 2.77. The summed E-state index contributed by atoms with van der Waals surface area (Å²) in [6, 6.07) is 1.28. The number of halogens is 5. The second-order valence-corrected chi connectivity index (χ2v) is 5.35. The number of piperazine rings is 1. The van der Waals surface area contributed by atoms with Crippen LogP contribution in [0.5, 0.6) is 11.5 Å². The number of hydrogen-bond acceptors (Lipinski definition) is 4. The summed E-state index contributed by atoms with van der Waals surface area (Å²) in [5.74, 6) is -0.360. The van der Waals surface area contributed by atoms with E-state index in [-0.39, 0.29) is 29.5 Å². The van der Waals surface area contributed by atoms with Crippen LogP contribution in [0, 0.1) is 5.82 Å². The van der Waals surface area contributed by atoms with Crippen LogP contribution in [0.25, 0.3) is 0 Å². The van der Waals surface area contributed by atoms with Gasteiger partial charge in [0.25, 0.3) is 0 Å². The molecule has 9 heteroatoms. The number of nitrogens with zero attached hydrogens (tertiary/aromatic N) is 1. The fraction of sp³-hybridized carbons (Fsp3) is 0.600. The highest BCUT2D eigenvalue weighted by Crippen LogP contribution is 2.39. The predicted octanol–water partition coefficient (Wildman–Crippen LogP) is 3.16. The summed E-state index contributed by atoms with van der Waals surface area (Å²) >= 11 is 0. The first kappa shape index (κ1) is 20.8. The minimum absolute atomic E-state index is 0. The summed E-state index contributed by atoms with van der Waals surface area (Å²) in [6.45, 7) is 2.00. The molecule has 1 aromatic rings. The lowest BCUT2D eigenvalue weighted by Gasteiger charge is -2.36. The van der Waals surface area contributed by atoms with Crippen LogP contribution in [0.3, 0.4) is 0 Å². The van der Waals surface area contributed by atoms with E-state index in [1.54, 1.807) is 4.90 Å². The molecule has 1 aliphatic rings. The molecule has 1 atom stereocenters. The SMILES string of the molecule is COc1cc(F)c([C@@H](CC(F)(F)F)N2CCNCC2)cc1OC.Cl. The Labute approximate surface area is 144 Å². The summed E-state index contributed by atoms with van der Waals surface area (Å²) < 4.78 is 63.4. The van der Waals surface area contributed by atoms with E-state index in [1.807, 2.05) is 0 Å². The molecule has 1 aromatic carbocycles. The van der Waals surface area contributed by atoms with Crippen LogP contribution in [0.15, 0.2) is 12.1 Å². The molecule has 1 saturated heterocycles. The minimum atomic E-state index is -4.39. The molecule has 0 saturated carbocycles. The Hall–Kier alpha value is -1.25. The first-order valence-corrected chi connectivity index (χ1v) is 7.28. The van der Waals surface area contributed by atoms with Crippen LogP contribution in [-0.4, -0.2) is 51.5 Å². The molecule has 0 amide bonds. The van der Waals surface area contributed by atoms with Gasteiger partial charge >= 0.3 is 6.18 Å². The monoisotopic (exact) mass is 372 g/mol. The third-order valence-electron chi connectivity index (χ3n) is 3.88. The number of alkyl halides is 3. The van der Waals surface area contributed by atoms with Crippen LogP contribution < -0.4 is 14.8 Å². The average Bonchev–Trinajstić information content (AvgIpc) is 2.52. The highest BCUT2D eigenvalue weighted by molar-refractivity contribution is 5.85. The van der Waals surface area contributed by atoms with Gasteiger partial charge in [-0.15, -0.1) is 12.4 Å². The minimum Gasteiger partial charge on any atom is -0.493 e. The van der Waals surface area contributed by atoms with Crippen LogP contribution in [-0.2, 0) is 0 Å². The molecule has 1 heterocycles. The van der Waals surface area contributed by atoms with Crippen molar-refractivity contribution in [1.29, 1.82) is 0 Å². The van der Waals surface area contributed by atoms with Crippen molar-refractivity contribution in [2.45, 2.75) is 18.6 Å². The van der Waals surface area contributed by atoms with Crippen LogP contribution in [0.1, 0.15) is 18.0 Å². The summed E-state index contributed by atoms with van der Waals surface area (Å²) in [5, 5.41) is 3.08. The highest BCUT2D eigenvalue weighted by Gasteiger charge is 2.37. The maximum atomic E-state index is 14.4. The first-order valence-electron chi connectivity index (χ1n) is 7.28. The molecule has 0 unspecified atom stereocenters. The van der Waals surface area contributed by atoms with E-state index in [2.05, 4.69) is 5.32 Å². The normalized spacial score (nSPS) is 17.1. The molecule has 1 aliphatic heterocycles. The molecule has 0 spiro atoms. The molecular weight excluding hydrogens is 352 g/mol. The van der Waals surface area contributed by atoms with Crippen LogP contribution in [0.4, 0.5) is 17.6 Å². The van der Waals surface area contributed by atoms with E-state index < -0.39 is 24.5 Å². The summed E-state index contributed by atoms with van der Waals surface area (Å²) in [5.41, 5.74) is -0.0260. The summed E-state index contributed by atoms with van der Waals surface area (Å²) in [4.78, 5) is 1.65. The number of methoxy groups -OCH3 is 2. The van der Waals surface area contributed by atoms with Gasteiger partial charge in [-0.25, -0.2) is 4.39 Å². The molecule has 1 fully saturated rings. The number of rotatable bonds is 5. The van der Waals surface area contributed by atoms with E-state index in [9.17, 15) is 17.6 Å².